The van der Waals surface area contributed by atoms with Crippen molar-refractivity contribution < 1.29 is 4.79 Å². The smallest absolute Gasteiger partial charge is 0.251 e. The lowest BCUT2D eigenvalue weighted by Crippen LogP contribution is -2.26. The zero-order chi connectivity index (χ0) is 13.7. The van der Waals surface area contributed by atoms with Gasteiger partial charge in [0.05, 0.1) is 10.7 Å². The van der Waals surface area contributed by atoms with Crippen LogP contribution in [-0.2, 0) is 0 Å². The molecule has 1 aliphatic carbocycles. The van der Waals surface area contributed by atoms with Gasteiger partial charge in [-0.25, -0.2) is 0 Å². The lowest BCUT2D eigenvalue weighted by molar-refractivity contribution is 0.0950. The molecule has 1 amide bonds. The van der Waals surface area contributed by atoms with E-state index in [1.165, 1.54) is 32.1 Å². The standard InChI is InChI=1S/C15H21ClN2O/c16-13-7-6-12(10-14(13)17)15(19)18-9-8-11-4-2-1-3-5-11/h6-7,10-11H,1-5,8-9,17H2,(H,18,19). The van der Waals surface area contributed by atoms with Crippen LogP contribution >= 0.6 is 11.6 Å². The van der Waals surface area contributed by atoms with Gasteiger partial charge in [-0.2, -0.15) is 0 Å². The van der Waals surface area contributed by atoms with Crippen molar-refractivity contribution in [1.82, 2.24) is 5.32 Å². The van der Waals surface area contributed by atoms with Crippen LogP contribution in [-0.4, -0.2) is 12.5 Å². The molecule has 4 heteroatoms. The zero-order valence-corrected chi connectivity index (χ0v) is 11.9. The quantitative estimate of drug-likeness (QED) is 0.828. The fourth-order valence-corrected chi connectivity index (χ4v) is 2.77. The number of rotatable bonds is 4. The normalized spacial score (nSPS) is 16.3. The number of amides is 1. The number of nitrogens with two attached hydrogens (primary N) is 1. The van der Waals surface area contributed by atoms with E-state index in [2.05, 4.69) is 5.32 Å². The maximum absolute atomic E-state index is 11.9. The van der Waals surface area contributed by atoms with Gasteiger partial charge in [0.25, 0.3) is 5.91 Å². The Bertz CT molecular complexity index is 442. The van der Waals surface area contributed by atoms with Crippen LogP contribution < -0.4 is 11.1 Å². The van der Waals surface area contributed by atoms with Gasteiger partial charge in [-0.05, 0) is 30.5 Å². The third-order valence-electron chi connectivity index (χ3n) is 3.82. The molecule has 0 aromatic heterocycles. The lowest BCUT2D eigenvalue weighted by atomic mass is 9.87. The number of hydrogen-bond acceptors (Lipinski definition) is 2. The molecule has 104 valence electrons. The number of benzene rings is 1. The summed E-state index contributed by atoms with van der Waals surface area (Å²) in [5.74, 6) is 0.712. The van der Waals surface area contributed by atoms with Crippen molar-refractivity contribution in [1.29, 1.82) is 0 Å². The summed E-state index contributed by atoms with van der Waals surface area (Å²) in [7, 11) is 0. The Morgan fingerprint density at radius 1 is 1.32 bits per heavy atom. The summed E-state index contributed by atoms with van der Waals surface area (Å²) >= 11 is 5.83. The molecule has 1 saturated carbocycles. The van der Waals surface area contributed by atoms with Gasteiger partial charge in [-0.3, -0.25) is 4.79 Å². The van der Waals surface area contributed by atoms with Gasteiger partial charge in [0, 0.05) is 12.1 Å². The van der Waals surface area contributed by atoms with Crippen molar-refractivity contribution in [2.75, 3.05) is 12.3 Å². The van der Waals surface area contributed by atoms with E-state index in [9.17, 15) is 4.79 Å². The predicted molar refractivity (Wildman–Crippen MR) is 79.4 cm³/mol. The van der Waals surface area contributed by atoms with Gasteiger partial charge in [0.1, 0.15) is 0 Å². The minimum atomic E-state index is -0.0702. The molecule has 2 rings (SSSR count). The average Bonchev–Trinajstić information content (AvgIpc) is 2.43. The van der Waals surface area contributed by atoms with E-state index in [0.29, 0.717) is 16.3 Å². The van der Waals surface area contributed by atoms with Gasteiger partial charge in [-0.1, -0.05) is 43.7 Å². The minimum absolute atomic E-state index is 0.0702. The Kier molecular flexibility index (Phi) is 5.08. The Hall–Kier alpha value is -1.22. The van der Waals surface area contributed by atoms with Crippen molar-refractivity contribution in [2.45, 2.75) is 38.5 Å². The SMILES string of the molecule is Nc1cc(C(=O)NCCC2CCCCC2)ccc1Cl. The maximum atomic E-state index is 11.9. The van der Waals surface area contributed by atoms with E-state index in [0.717, 1.165) is 18.9 Å². The molecule has 0 radical (unpaired) electrons. The first-order valence-electron chi connectivity index (χ1n) is 7.00. The van der Waals surface area contributed by atoms with Crippen LogP contribution in [0.4, 0.5) is 5.69 Å². The fourth-order valence-electron chi connectivity index (χ4n) is 2.65. The van der Waals surface area contributed by atoms with Gasteiger partial charge < -0.3 is 11.1 Å². The first-order valence-corrected chi connectivity index (χ1v) is 7.38. The molecule has 3 N–H and O–H groups in total. The molecule has 0 spiro atoms. The highest BCUT2D eigenvalue weighted by Gasteiger charge is 2.13. The minimum Gasteiger partial charge on any atom is -0.398 e. The number of halogens is 1. The first-order chi connectivity index (χ1) is 9.16. The molecule has 0 heterocycles. The van der Waals surface area contributed by atoms with Crippen LogP contribution in [0.2, 0.25) is 5.02 Å². The van der Waals surface area contributed by atoms with Crippen molar-refractivity contribution in [3.63, 3.8) is 0 Å². The Balaban J connectivity index is 1.78. The number of carbonyl (C=O) groups is 1. The molecule has 1 aromatic carbocycles. The van der Waals surface area contributed by atoms with Crippen LogP contribution in [0.15, 0.2) is 18.2 Å². The molecule has 3 nitrogen and oxygen atoms in total. The van der Waals surface area contributed by atoms with E-state index >= 15 is 0 Å². The summed E-state index contributed by atoms with van der Waals surface area (Å²) < 4.78 is 0. The predicted octanol–water partition coefficient (Wildman–Crippen LogP) is 3.62. The summed E-state index contributed by atoms with van der Waals surface area (Å²) in [6, 6.07) is 4.99. The topological polar surface area (TPSA) is 55.1 Å². The zero-order valence-electron chi connectivity index (χ0n) is 11.1. The van der Waals surface area contributed by atoms with E-state index in [-0.39, 0.29) is 5.91 Å². The summed E-state index contributed by atoms with van der Waals surface area (Å²) in [5.41, 5.74) is 6.71. The number of carbonyl (C=O) groups excluding carboxylic acids is 1. The van der Waals surface area contributed by atoms with Crippen LogP contribution in [0.3, 0.4) is 0 Å². The van der Waals surface area contributed by atoms with Gasteiger partial charge in [0.2, 0.25) is 0 Å². The van der Waals surface area contributed by atoms with Crippen LogP contribution in [0.1, 0.15) is 48.9 Å². The molecule has 1 aromatic rings. The van der Waals surface area contributed by atoms with Crippen LogP contribution in [0.25, 0.3) is 0 Å². The van der Waals surface area contributed by atoms with Gasteiger partial charge in [0.15, 0.2) is 0 Å². The van der Waals surface area contributed by atoms with Crippen molar-refractivity contribution in [3.05, 3.63) is 28.8 Å². The summed E-state index contributed by atoms with van der Waals surface area (Å²) in [4.78, 5) is 11.9. The number of anilines is 1. The highest BCUT2D eigenvalue weighted by molar-refractivity contribution is 6.33. The molecule has 0 aliphatic heterocycles. The highest BCUT2D eigenvalue weighted by atomic mass is 35.5. The molecule has 19 heavy (non-hydrogen) atoms. The summed E-state index contributed by atoms with van der Waals surface area (Å²) in [6.07, 6.45) is 7.74. The van der Waals surface area contributed by atoms with Crippen molar-refractivity contribution >= 4 is 23.2 Å². The third-order valence-corrected chi connectivity index (χ3v) is 4.17. The second kappa shape index (κ2) is 6.80. The lowest BCUT2D eigenvalue weighted by Gasteiger charge is -2.21. The van der Waals surface area contributed by atoms with Crippen molar-refractivity contribution in [2.24, 2.45) is 5.92 Å². The van der Waals surface area contributed by atoms with E-state index < -0.39 is 0 Å². The number of hydrogen-bond donors (Lipinski definition) is 2. The number of nitrogens with one attached hydrogen (secondary N) is 1. The Morgan fingerprint density at radius 3 is 2.74 bits per heavy atom. The molecule has 1 fully saturated rings. The monoisotopic (exact) mass is 280 g/mol. The number of nitrogen functional groups attached to an aromatic ring is 1. The summed E-state index contributed by atoms with van der Waals surface area (Å²) in [6.45, 7) is 0.742. The fraction of sp³-hybridized carbons (Fsp3) is 0.533. The average molecular weight is 281 g/mol. The van der Waals surface area contributed by atoms with Gasteiger partial charge in [-0.15, -0.1) is 0 Å². The van der Waals surface area contributed by atoms with Gasteiger partial charge >= 0.3 is 0 Å². The molecular weight excluding hydrogens is 260 g/mol. The molecular formula is C15H21ClN2O. The third kappa shape index (κ3) is 4.13. The summed E-state index contributed by atoms with van der Waals surface area (Å²) in [5, 5.41) is 3.44. The van der Waals surface area contributed by atoms with Crippen LogP contribution in [0.5, 0.6) is 0 Å². The van der Waals surface area contributed by atoms with Crippen molar-refractivity contribution in [3.8, 4) is 0 Å². The Morgan fingerprint density at radius 2 is 2.05 bits per heavy atom. The maximum Gasteiger partial charge on any atom is 0.251 e. The molecule has 0 saturated heterocycles. The van der Waals surface area contributed by atoms with E-state index in [1.807, 2.05) is 0 Å². The first kappa shape index (κ1) is 14.2. The molecule has 0 bridgehead atoms. The Labute approximate surface area is 119 Å². The molecule has 1 aliphatic rings. The van der Waals surface area contributed by atoms with Crippen LogP contribution in [0, 0.1) is 5.92 Å². The molecule has 0 atom stereocenters. The van der Waals surface area contributed by atoms with E-state index in [4.69, 9.17) is 17.3 Å². The second-order valence-corrected chi connectivity index (χ2v) is 5.69. The highest BCUT2D eigenvalue weighted by Crippen LogP contribution is 2.25. The van der Waals surface area contributed by atoms with E-state index in [1.54, 1.807) is 18.2 Å². The second-order valence-electron chi connectivity index (χ2n) is 5.28. The largest absolute Gasteiger partial charge is 0.398 e. The molecule has 0 unspecified atom stereocenters.